The lowest BCUT2D eigenvalue weighted by molar-refractivity contribution is -0.120. The molecule has 1 amide bonds. The molecule has 0 radical (unpaired) electrons. The number of benzene rings is 1. The van der Waals surface area contributed by atoms with E-state index in [1.54, 1.807) is 0 Å². The maximum absolute atomic E-state index is 12.2. The van der Waals surface area contributed by atoms with Crippen molar-refractivity contribution in [2.45, 2.75) is 38.6 Å². The molecule has 1 aromatic carbocycles. The Balaban J connectivity index is 0.00000182. The van der Waals surface area contributed by atoms with Crippen LogP contribution in [0.2, 0.25) is 0 Å². The highest BCUT2D eigenvalue weighted by Crippen LogP contribution is 2.36. The number of hydrogen-bond donors (Lipinski definition) is 2. The van der Waals surface area contributed by atoms with E-state index in [-0.39, 0.29) is 49.5 Å². The molecule has 0 atom stereocenters. The SMILES string of the molecule is CCC(N)(CC)CNC(=O)Cc1csc(-c2ccc3c(c2)OCO3)n1.Cl.Cl. The first-order chi connectivity index (χ1) is 12.0. The van der Waals surface area contributed by atoms with E-state index >= 15 is 0 Å². The van der Waals surface area contributed by atoms with Gasteiger partial charge in [-0.05, 0) is 31.0 Å². The number of hydrogen-bond acceptors (Lipinski definition) is 6. The Kier molecular flexibility index (Phi) is 8.81. The molecule has 0 bridgehead atoms. The minimum absolute atomic E-state index is 0. The summed E-state index contributed by atoms with van der Waals surface area (Å²) in [5.74, 6) is 1.42. The number of fused-ring (bicyclic) bond motifs is 1. The fraction of sp³-hybridized carbons (Fsp3) is 0.444. The molecular formula is C18H25Cl2N3O3S. The Morgan fingerprint density at radius 2 is 1.96 bits per heavy atom. The first-order valence-corrected chi connectivity index (χ1v) is 9.31. The molecule has 0 saturated heterocycles. The van der Waals surface area contributed by atoms with Crippen molar-refractivity contribution in [1.82, 2.24) is 10.3 Å². The van der Waals surface area contributed by atoms with Gasteiger partial charge in [0, 0.05) is 23.0 Å². The lowest BCUT2D eigenvalue weighted by Gasteiger charge is -2.26. The second-order valence-corrected chi connectivity index (χ2v) is 7.09. The number of carbonyl (C=O) groups is 1. The van der Waals surface area contributed by atoms with Crippen molar-refractivity contribution >= 4 is 42.1 Å². The number of nitrogens with zero attached hydrogens (tertiary/aromatic N) is 1. The molecule has 1 aliphatic rings. The molecule has 9 heteroatoms. The predicted octanol–water partition coefficient (Wildman–Crippen LogP) is 3.56. The molecule has 0 fully saturated rings. The average molecular weight is 434 g/mol. The minimum Gasteiger partial charge on any atom is -0.454 e. The van der Waals surface area contributed by atoms with Crippen molar-refractivity contribution in [1.29, 1.82) is 0 Å². The van der Waals surface area contributed by atoms with Crippen molar-refractivity contribution in [2.24, 2.45) is 5.73 Å². The van der Waals surface area contributed by atoms with Crippen LogP contribution in [0.15, 0.2) is 23.6 Å². The van der Waals surface area contributed by atoms with Crippen LogP contribution in [0, 0.1) is 0 Å². The monoisotopic (exact) mass is 433 g/mol. The smallest absolute Gasteiger partial charge is 0.231 e. The molecule has 27 heavy (non-hydrogen) atoms. The molecule has 0 saturated carbocycles. The van der Waals surface area contributed by atoms with Crippen LogP contribution < -0.4 is 20.5 Å². The highest BCUT2D eigenvalue weighted by Gasteiger charge is 2.21. The Morgan fingerprint density at radius 1 is 1.26 bits per heavy atom. The normalized spacial score (nSPS) is 12.1. The van der Waals surface area contributed by atoms with Crippen molar-refractivity contribution in [3.63, 3.8) is 0 Å². The van der Waals surface area contributed by atoms with Crippen molar-refractivity contribution < 1.29 is 14.3 Å². The summed E-state index contributed by atoms with van der Waals surface area (Å²) in [6, 6.07) is 5.74. The summed E-state index contributed by atoms with van der Waals surface area (Å²) in [6.45, 7) is 4.81. The molecule has 0 aliphatic carbocycles. The Morgan fingerprint density at radius 3 is 2.67 bits per heavy atom. The number of halogens is 2. The Bertz CT molecular complexity index is 766. The van der Waals surface area contributed by atoms with Crippen LogP contribution >= 0.6 is 36.2 Å². The number of nitrogens with one attached hydrogen (secondary N) is 1. The molecule has 0 unspecified atom stereocenters. The highest BCUT2D eigenvalue weighted by atomic mass is 35.5. The molecule has 2 aromatic rings. The van der Waals surface area contributed by atoms with Gasteiger partial charge in [0.1, 0.15) is 5.01 Å². The first kappa shape index (κ1) is 23.5. The van der Waals surface area contributed by atoms with E-state index in [0.29, 0.717) is 6.54 Å². The van der Waals surface area contributed by atoms with Gasteiger partial charge >= 0.3 is 0 Å². The quantitative estimate of drug-likeness (QED) is 0.696. The highest BCUT2D eigenvalue weighted by molar-refractivity contribution is 7.13. The summed E-state index contributed by atoms with van der Waals surface area (Å²) >= 11 is 1.51. The van der Waals surface area contributed by atoms with Crippen LogP contribution in [-0.2, 0) is 11.2 Å². The van der Waals surface area contributed by atoms with Crippen LogP contribution in [0.25, 0.3) is 10.6 Å². The summed E-state index contributed by atoms with van der Waals surface area (Å²) in [5, 5.41) is 5.69. The second-order valence-electron chi connectivity index (χ2n) is 6.24. The van der Waals surface area contributed by atoms with Crippen LogP contribution in [0.5, 0.6) is 11.5 Å². The second kappa shape index (κ2) is 10.1. The summed E-state index contributed by atoms with van der Waals surface area (Å²) in [5.41, 5.74) is 7.59. The van der Waals surface area contributed by atoms with Gasteiger partial charge in [-0.2, -0.15) is 0 Å². The van der Waals surface area contributed by atoms with E-state index in [1.807, 2.05) is 37.4 Å². The van der Waals surface area contributed by atoms with Gasteiger partial charge in [-0.1, -0.05) is 13.8 Å². The van der Waals surface area contributed by atoms with Gasteiger partial charge in [-0.3, -0.25) is 4.79 Å². The number of amides is 1. The molecule has 0 spiro atoms. The van der Waals surface area contributed by atoms with E-state index < -0.39 is 0 Å². The molecule has 6 nitrogen and oxygen atoms in total. The fourth-order valence-corrected chi connectivity index (χ4v) is 3.37. The number of aromatic nitrogens is 1. The molecule has 3 rings (SSSR count). The summed E-state index contributed by atoms with van der Waals surface area (Å²) in [4.78, 5) is 16.7. The minimum atomic E-state index is -0.338. The maximum atomic E-state index is 12.2. The third-order valence-corrected chi connectivity index (χ3v) is 5.50. The van der Waals surface area contributed by atoms with Crippen LogP contribution in [0.4, 0.5) is 0 Å². The topological polar surface area (TPSA) is 86.5 Å². The van der Waals surface area contributed by atoms with E-state index in [9.17, 15) is 4.79 Å². The Hall–Kier alpha value is -1.54. The van der Waals surface area contributed by atoms with Gasteiger partial charge in [0.15, 0.2) is 11.5 Å². The first-order valence-electron chi connectivity index (χ1n) is 8.43. The largest absolute Gasteiger partial charge is 0.454 e. The van der Waals surface area contributed by atoms with Gasteiger partial charge in [0.25, 0.3) is 0 Å². The van der Waals surface area contributed by atoms with Crippen LogP contribution in [-0.4, -0.2) is 29.8 Å². The number of thiazole rings is 1. The molecule has 2 heterocycles. The fourth-order valence-electron chi connectivity index (χ4n) is 2.55. The Labute approximate surface area is 175 Å². The number of ether oxygens (including phenoxy) is 2. The molecule has 1 aliphatic heterocycles. The van der Waals surface area contributed by atoms with Gasteiger partial charge in [0.2, 0.25) is 12.7 Å². The molecule has 150 valence electrons. The van der Waals surface area contributed by atoms with E-state index in [0.717, 1.165) is 40.6 Å². The van der Waals surface area contributed by atoms with Crippen LogP contribution in [0.1, 0.15) is 32.4 Å². The van der Waals surface area contributed by atoms with Crippen LogP contribution in [0.3, 0.4) is 0 Å². The lowest BCUT2D eigenvalue weighted by atomic mass is 9.94. The number of carbonyl (C=O) groups excluding carboxylic acids is 1. The molecule has 3 N–H and O–H groups in total. The third kappa shape index (κ3) is 5.72. The summed E-state index contributed by atoms with van der Waals surface area (Å²) in [7, 11) is 0. The molecule has 1 aromatic heterocycles. The van der Waals surface area contributed by atoms with Crippen molar-refractivity contribution in [3.8, 4) is 22.1 Å². The van der Waals surface area contributed by atoms with Gasteiger partial charge in [0.05, 0.1) is 12.1 Å². The third-order valence-electron chi connectivity index (χ3n) is 4.56. The van der Waals surface area contributed by atoms with Gasteiger partial charge in [-0.15, -0.1) is 36.2 Å². The van der Waals surface area contributed by atoms with Gasteiger partial charge < -0.3 is 20.5 Å². The van der Waals surface area contributed by atoms with Crippen molar-refractivity contribution in [2.75, 3.05) is 13.3 Å². The zero-order valence-corrected chi connectivity index (χ0v) is 17.8. The number of rotatable bonds is 7. The summed E-state index contributed by atoms with van der Waals surface area (Å²) < 4.78 is 10.7. The summed E-state index contributed by atoms with van der Waals surface area (Å²) in [6.07, 6.45) is 1.91. The van der Waals surface area contributed by atoms with E-state index in [2.05, 4.69) is 10.3 Å². The average Bonchev–Trinajstić information content (AvgIpc) is 3.28. The zero-order chi connectivity index (χ0) is 17.9. The zero-order valence-electron chi connectivity index (χ0n) is 15.3. The predicted molar refractivity (Wildman–Crippen MR) is 112 cm³/mol. The number of nitrogens with two attached hydrogens (primary N) is 1. The van der Waals surface area contributed by atoms with Gasteiger partial charge in [-0.25, -0.2) is 4.98 Å². The van der Waals surface area contributed by atoms with Crippen molar-refractivity contribution in [3.05, 3.63) is 29.3 Å². The molecular weight excluding hydrogens is 409 g/mol. The lowest BCUT2D eigenvalue weighted by Crippen LogP contribution is -2.49. The van der Waals surface area contributed by atoms with E-state index in [1.165, 1.54) is 11.3 Å². The van der Waals surface area contributed by atoms with E-state index in [4.69, 9.17) is 15.2 Å². The standard InChI is InChI=1S/C18H23N3O3S.2ClH/c1-3-18(19,4-2)10-20-16(22)8-13-9-25-17(21-13)12-5-6-14-15(7-12)24-11-23-14;;/h5-7,9H,3-4,8,10-11,19H2,1-2H3,(H,20,22);2*1H. The maximum Gasteiger partial charge on any atom is 0.231 e.